The van der Waals surface area contributed by atoms with Crippen LogP contribution < -0.4 is 4.74 Å². The third-order valence-corrected chi connectivity index (χ3v) is 5.00. The topological polar surface area (TPSA) is 70.1 Å². The molecule has 6 heteroatoms. The number of amides is 1. The van der Waals surface area contributed by atoms with Crippen LogP contribution in [0.1, 0.15) is 23.6 Å². The zero-order chi connectivity index (χ0) is 21.0. The van der Waals surface area contributed by atoms with Gasteiger partial charge in [0.25, 0.3) is 11.7 Å². The number of nitrogens with zero attached hydrogens (tertiary/aromatic N) is 2. The Labute approximate surface area is 171 Å². The molecular formula is C23H26N2O4. The number of Topliss-reactive ketones (excluding diaryl/α,β-unsaturated/α-hetero) is 1. The van der Waals surface area contributed by atoms with E-state index < -0.39 is 17.7 Å². The van der Waals surface area contributed by atoms with Crippen LogP contribution in [-0.4, -0.2) is 60.9 Å². The summed E-state index contributed by atoms with van der Waals surface area (Å²) in [5.74, 6) is -0.786. The monoisotopic (exact) mass is 394 g/mol. The van der Waals surface area contributed by atoms with E-state index in [-0.39, 0.29) is 11.3 Å². The molecule has 1 amide bonds. The van der Waals surface area contributed by atoms with Gasteiger partial charge in [-0.15, -0.1) is 0 Å². The quantitative estimate of drug-likeness (QED) is 0.444. The average molecular weight is 394 g/mol. The highest BCUT2D eigenvalue weighted by Gasteiger charge is 2.45. The number of methoxy groups -OCH3 is 1. The molecule has 1 saturated heterocycles. The summed E-state index contributed by atoms with van der Waals surface area (Å²) in [6.07, 6.45) is 0.714. The molecule has 29 heavy (non-hydrogen) atoms. The molecule has 1 N–H and O–H groups in total. The van der Waals surface area contributed by atoms with E-state index in [9.17, 15) is 14.7 Å². The fourth-order valence-corrected chi connectivity index (χ4v) is 3.58. The van der Waals surface area contributed by atoms with Gasteiger partial charge >= 0.3 is 0 Å². The molecule has 0 aliphatic carbocycles. The minimum Gasteiger partial charge on any atom is -0.507 e. The zero-order valence-electron chi connectivity index (χ0n) is 17.0. The summed E-state index contributed by atoms with van der Waals surface area (Å²) >= 11 is 0. The molecule has 1 atom stereocenters. The Morgan fingerprint density at radius 1 is 1.10 bits per heavy atom. The smallest absolute Gasteiger partial charge is 0.295 e. The van der Waals surface area contributed by atoms with Gasteiger partial charge < -0.3 is 19.6 Å². The minimum absolute atomic E-state index is 0.110. The molecule has 1 unspecified atom stereocenters. The summed E-state index contributed by atoms with van der Waals surface area (Å²) in [5, 5.41) is 10.9. The number of ketones is 1. The van der Waals surface area contributed by atoms with Crippen molar-refractivity contribution in [1.29, 1.82) is 0 Å². The Kier molecular flexibility index (Phi) is 6.34. The van der Waals surface area contributed by atoms with Gasteiger partial charge in [0.05, 0.1) is 18.7 Å². The van der Waals surface area contributed by atoms with E-state index in [0.29, 0.717) is 24.3 Å². The van der Waals surface area contributed by atoms with Crippen molar-refractivity contribution in [3.8, 4) is 5.75 Å². The van der Waals surface area contributed by atoms with E-state index in [1.807, 2.05) is 37.2 Å². The number of ether oxygens (including phenoxy) is 1. The lowest BCUT2D eigenvalue weighted by atomic mass is 9.95. The third kappa shape index (κ3) is 4.32. The fourth-order valence-electron chi connectivity index (χ4n) is 3.58. The number of carbonyl (C=O) groups excluding carboxylic acids is 2. The molecule has 6 nitrogen and oxygen atoms in total. The van der Waals surface area contributed by atoms with Gasteiger partial charge in [-0.1, -0.05) is 42.5 Å². The van der Waals surface area contributed by atoms with Crippen molar-refractivity contribution in [2.75, 3.05) is 34.3 Å². The van der Waals surface area contributed by atoms with E-state index in [0.717, 1.165) is 12.1 Å². The number of carbonyl (C=O) groups is 2. The SMILES string of the molecule is COc1cccc(C2/C(=C(\O)c3ccccc3)C(=O)C(=O)N2CCCN(C)C)c1. The van der Waals surface area contributed by atoms with Crippen molar-refractivity contribution in [2.24, 2.45) is 0 Å². The number of hydrogen-bond acceptors (Lipinski definition) is 5. The number of likely N-dealkylation sites (tertiary alicyclic amines) is 1. The largest absolute Gasteiger partial charge is 0.507 e. The highest BCUT2D eigenvalue weighted by Crippen LogP contribution is 2.40. The highest BCUT2D eigenvalue weighted by molar-refractivity contribution is 6.46. The highest BCUT2D eigenvalue weighted by atomic mass is 16.5. The Morgan fingerprint density at radius 2 is 1.83 bits per heavy atom. The molecule has 0 saturated carbocycles. The standard InChI is InChI=1S/C23H26N2O4/c1-24(2)13-8-14-25-20(17-11-7-12-18(15-17)29-3)19(22(27)23(25)28)21(26)16-9-5-4-6-10-16/h4-7,9-12,15,20,26H,8,13-14H2,1-3H3/b21-19+. The van der Waals surface area contributed by atoms with E-state index >= 15 is 0 Å². The summed E-state index contributed by atoms with van der Waals surface area (Å²) in [4.78, 5) is 29.3. The van der Waals surface area contributed by atoms with Crippen molar-refractivity contribution < 1.29 is 19.4 Å². The van der Waals surface area contributed by atoms with Crippen LogP contribution in [-0.2, 0) is 9.59 Å². The van der Waals surface area contributed by atoms with Crippen LogP contribution in [0.2, 0.25) is 0 Å². The van der Waals surface area contributed by atoms with Crippen molar-refractivity contribution in [1.82, 2.24) is 9.80 Å². The first-order chi connectivity index (χ1) is 13.9. The molecule has 2 aromatic rings. The molecule has 152 valence electrons. The first kappa shape index (κ1) is 20.6. The summed E-state index contributed by atoms with van der Waals surface area (Å²) < 4.78 is 5.32. The third-order valence-electron chi connectivity index (χ3n) is 5.00. The first-order valence-corrected chi connectivity index (χ1v) is 9.56. The predicted octanol–water partition coefficient (Wildman–Crippen LogP) is 3.07. The van der Waals surface area contributed by atoms with E-state index in [4.69, 9.17) is 4.74 Å². The second-order valence-corrected chi connectivity index (χ2v) is 7.29. The lowest BCUT2D eigenvalue weighted by molar-refractivity contribution is -0.139. The number of rotatable bonds is 7. The van der Waals surface area contributed by atoms with Crippen molar-refractivity contribution in [3.05, 3.63) is 71.3 Å². The van der Waals surface area contributed by atoms with Crippen molar-refractivity contribution in [2.45, 2.75) is 12.5 Å². The number of aliphatic hydroxyl groups is 1. The van der Waals surface area contributed by atoms with E-state index in [1.165, 1.54) is 0 Å². The van der Waals surface area contributed by atoms with E-state index in [2.05, 4.69) is 0 Å². The molecule has 2 aromatic carbocycles. The van der Waals surface area contributed by atoms with Crippen molar-refractivity contribution >= 4 is 17.4 Å². The van der Waals surface area contributed by atoms with Crippen LogP contribution in [0.25, 0.3) is 5.76 Å². The maximum absolute atomic E-state index is 12.9. The molecule has 1 fully saturated rings. The van der Waals surface area contributed by atoms with E-state index in [1.54, 1.807) is 48.4 Å². The average Bonchev–Trinajstić information content (AvgIpc) is 2.98. The molecule has 1 aliphatic rings. The van der Waals surface area contributed by atoms with Crippen LogP contribution in [0.15, 0.2) is 60.2 Å². The summed E-state index contributed by atoms with van der Waals surface area (Å²) in [5.41, 5.74) is 1.34. The van der Waals surface area contributed by atoms with Crippen LogP contribution in [0.3, 0.4) is 0 Å². The minimum atomic E-state index is -0.663. The maximum Gasteiger partial charge on any atom is 0.295 e. The lowest BCUT2D eigenvalue weighted by Crippen LogP contribution is -2.32. The molecule has 0 bridgehead atoms. The summed E-state index contributed by atoms with van der Waals surface area (Å²) in [6, 6.07) is 15.4. The summed E-state index contributed by atoms with van der Waals surface area (Å²) in [6.45, 7) is 1.20. The van der Waals surface area contributed by atoms with Crippen molar-refractivity contribution in [3.63, 3.8) is 0 Å². The normalized spacial score (nSPS) is 18.5. The van der Waals surface area contributed by atoms with Gasteiger partial charge in [-0.2, -0.15) is 0 Å². The van der Waals surface area contributed by atoms with Gasteiger partial charge in [-0.05, 0) is 44.8 Å². The Balaban J connectivity index is 2.09. The summed E-state index contributed by atoms with van der Waals surface area (Å²) in [7, 11) is 5.49. The Hall–Kier alpha value is -3.12. The van der Waals surface area contributed by atoms with Crippen LogP contribution >= 0.6 is 0 Å². The maximum atomic E-state index is 12.9. The molecule has 0 aromatic heterocycles. The fraction of sp³-hybridized carbons (Fsp3) is 0.304. The van der Waals surface area contributed by atoms with Crippen LogP contribution in [0.4, 0.5) is 0 Å². The molecular weight excluding hydrogens is 368 g/mol. The molecule has 3 rings (SSSR count). The number of benzene rings is 2. The van der Waals surface area contributed by atoms with Gasteiger partial charge in [-0.25, -0.2) is 0 Å². The molecule has 0 radical (unpaired) electrons. The van der Waals surface area contributed by atoms with Crippen LogP contribution in [0, 0.1) is 0 Å². The lowest BCUT2D eigenvalue weighted by Gasteiger charge is -2.26. The predicted molar refractivity (Wildman–Crippen MR) is 112 cm³/mol. The van der Waals surface area contributed by atoms with Gasteiger partial charge in [-0.3, -0.25) is 9.59 Å². The zero-order valence-corrected chi connectivity index (χ0v) is 17.0. The Bertz CT molecular complexity index is 921. The number of aliphatic hydroxyl groups excluding tert-OH is 1. The van der Waals surface area contributed by atoms with Gasteiger partial charge in [0, 0.05) is 12.1 Å². The molecule has 1 heterocycles. The molecule has 0 spiro atoms. The van der Waals surface area contributed by atoms with Gasteiger partial charge in [0.15, 0.2) is 0 Å². The molecule has 1 aliphatic heterocycles. The number of hydrogen-bond donors (Lipinski definition) is 1. The second kappa shape index (κ2) is 8.92. The van der Waals surface area contributed by atoms with Crippen LogP contribution in [0.5, 0.6) is 5.75 Å². The van der Waals surface area contributed by atoms with Gasteiger partial charge in [0.1, 0.15) is 11.5 Å². The Morgan fingerprint density at radius 3 is 2.48 bits per heavy atom. The van der Waals surface area contributed by atoms with Gasteiger partial charge in [0.2, 0.25) is 0 Å². The second-order valence-electron chi connectivity index (χ2n) is 7.29. The first-order valence-electron chi connectivity index (χ1n) is 9.56.